The van der Waals surface area contributed by atoms with Gasteiger partial charge in [-0.1, -0.05) is 48.7 Å². The van der Waals surface area contributed by atoms with Crippen LogP contribution in [0.25, 0.3) is 5.57 Å². The monoisotopic (exact) mass is 439 g/mol. The number of nitrogens with zero attached hydrogens (tertiary/aromatic N) is 1. The molecular weight excluding hydrogens is 410 g/mol. The van der Waals surface area contributed by atoms with Crippen molar-refractivity contribution >= 4 is 23.1 Å². The molecule has 0 radical (unpaired) electrons. The average molecular weight is 440 g/mol. The highest BCUT2D eigenvalue weighted by Crippen LogP contribution is 2.35. The Morgan fingerprint density at radius 3 is 2.71 bits per heavy atom. The molecule has 0 unspecified atom stereocenters. The molecule has 1 N–H and O–H groups in total. The quantitative estimate of drug-likeness (QED) is 0.581. The van der Waals surface area contributed by atoms with Crippen LogP contribution in [0, 0.1) is 5.92 Å². The topological polar surface area (TPSA) is 49.8 Å². The van der Waals surface area contributed by atoms with Gasteiger partial charge in [-0.15, -0.1) is 0 Å². The van der Waals surface area contributed by atoms with Gasteiger partial charge in [0, 0.05) is 30.2 Å². The molecule has 0 atom stereocenters. The van der Waals surface area contributed by atoms with Gasteiger partial charge in [0.15, 0.2) is 0 Å². The second kappa shape index (κ2) is 9.46. The fourth-order valence-electron chi connectivity index (χ4n) is 4.53. The zero-order chi connectivity index (χ0) is 22.0. The molecule has 0 amide bonds. The minimum absolute atomic E-state index is 0.201. The van der Waals surface area contributed by atoms with Crippen LogP contribution in [0.4, 0.5) is 0 Å². The van der Waals surface area contributed by atoms with Crippen LogP contribution in [0.3, 0.4) is 0 Å². The third-order valence-electron chi connectivity index (χ3n) is 6.48. The SMILES string of the molecule is CCCc1ccc(COc2ccc3c(c2)CCC(CN2CC(C(=O)O)C2)=C3C)c(Cl)c1. The summed E-state index contributed by atoms with van der Waals surface area (Å²) >= 11 is 6.44. The van der Waals surface area contributed by atoms with Crippen LogP contribution < -0.4 is 4.74 Å². The van der Waals surface area contributed by atoms with Crippen molar-refractivity contribution in [2.24, 2.45) is 5.92 Å². The van der Waals surface area contributed by atoms with Gasteiger partial charge in [-0.3, -0.25) is 9.69 Å². The van der Waals surface area contributed by atoms with Gasteiger partial charge in [0.05, 0.1) is 5.92 Å². The van der Waals surface area contributed by atoms with Crippen molar-refractivity contribution in [3.05, 3.63) is 69.2 Å². The Hall–Kier alpha value is -2.30. The predicted molar refractivity (Wildman–Crippen MR) is 125 cm³/mol. The van der Waals surface area contributed by atoms with E-state index in [0.717, 1.165) is 48.6 Å². The average Bonchev–Trinajstić information content (AvgIpc) is 2.71. The number of allylic oxidation sites excluding steroid dienone is 1. The van der Waals surface area contributed by atoms with E-state index in [2.05, 4.69) is 43.0 Å². The molecular formula is C26H30ClNO3. The molecule has 5 heteroatoms. The standard InChI is InChI=1S/C26H30ClNO3/c1-3-4-18-5-6-21(25(27)11-18)16-31-23-9-10-24-17(2)20(8-7-19(24)12-23)13-28-14-22(15-28)26(29)30/h5-6,9-12,22H,3-4,7-8,13-16H2,1-2H3,(H,29,30). The zero-order valence-corrected chi connectivity index (χ0v) is 19.0. The van der Waals surface area contributed by atoms with Crippen LogP contribution in [0.5, 0.6) is 5.75 Å². The van der Waals surface area contributed by atoms with Gasteiger partial charge in [0.1, 0.15) is 12.4 Å². The lowest BCUT2D eigenvalue weighted by molar-refractivity contribution is -0.147. The molecule has 1 fully saturated rings. The maximum atomic E-state index is 11.0. The van der Waals surface area contributed by atoms with E-state index in [9.17, 15) is 4.79 Å². The molecule has 31 heavy (non-hydrogen) atoms. The van der Waals surface area contributed by atoms with E-state index < -0.39 is 5.97 Å². The second-order valence-electron chi connectivity index (χ2n) is 8.74. The third kappa shape index (κ3) is 4.97. The Balaban J connectivity index is 1.39. The van der Waals surface area contributed by atoms with Gasteiger partial charge in [-0.25, -0.2) is 0 Å². The van der Waals surface area contributed by atoms with Crippen molar-refractivity contribution in [2.45, 2.75) is 46.1 Å². The minimum atomic E-state index is -0.679. The fourth-order valence-corrected chi connectivity index (χ4v) is 4.79. The third-order valence-corrected chi connectivity index (χ3v) is 6.83. The van der Waals surface area contributed by atoms with Crippen molar-refractivity contribution < 1.29 is 14.6 Å². The van der Waals surface area contributed by atoms with E-state index in [1.165, 1.54) is 27.8 Å². The number of hydrogen-bond donors (Lipinski definition) is 1. The Bertz CT molecular complexity index is 1010. The number of rotatable bonds is 8. The predicted octanol–water partition coefficient (Wildman–Crippen LogP) is 5.61. The van der Waals surface area contributed by atoms with Crippen LogP contribution in [-0.2, 0) is 24.2 Å². The summed E-state index contributed by atoms with van der Waals surface area (Å²) in [4.78, 5) is 13.3. The number of aliphatic carboxylic acids is 1. The van der Waals surface area contributed by atoms with E-state index >= 15 is 0 Å². The van der Waals surface area contributed by atoms with Crippen LogP contribution in [-0.4, -0.2) is 35.6 Å². The molecule has 2 aliphatic rings. The Kier molecular flexibility index (Phi) is 6.68. The van der Waals surface area contributed by atoms with E-state index in [4.69, 9.17) is 21.4 Å². The summed E-state index contributed by atoms with van der Waals surface area (Å²) in [6.07, 6.45) is 4.15. The molecule has 0 saturated carbocycles. The summed E-state index contributed by atoms with van der Waals surface area (Å²) in [5.41, 5.74) is 7.61. The van der Waals surface area contributed by atoms with E-state index in [1.807, 2.05) is 12.1 Å². The summed E-state index contributed by atoms with van der Waals surface area (Å²) in [6, 6.07) is 12.6. The molecule has 1 aliphatic carbocycles. The summed E-state index contributed by atoms with van der Waals surface area (Å²) in [5.74, 6) is -0.00903. The first-order chi connectivity index (χ1) is 14.9. The summed E-state index contributed by atoms with van der Waals surface area (Å²) in [5, 5.41) is 9.84. The first kappa shape index (κ1) is 21.9. The highest BCUT2D eigenvalue weighted by molar-refractivity contribution is 6.31. The smallest absolute Gasteiger partial charge is 0.309 e. The first-order valence-corrected chi connectivity index (χ1v) is 11.5. The first-order valence-electron chi connectivity index (χ1n) is 11.1. The Morgan fingerprint density at radius 2 is 2.00 bits per heavy atom. The molecule has 0 aromatic heterocycles. The molecule has 2 aromatic rings. The summed E-state index contributed by atoms with van der Waals surface area (Å²) in [6.45, 7) is 7.01. The van der Waals surface area contributed by atoms with Crippen LogP contribution in [0.2, 0.25) is 5.02 Å². The van der Waals surface area contributed by atoms with Crippen molar-refractivity contribution in [1.29, 1.82) is 0 Å². The molecule has 4 rings (SSSR count). The zero-order valence-electron chi connectivity index (χ0n) is 18.3. The summed E-state index contributed by atoms with van der Waals surface area (Å²) in [7, 11) is 0. The van der Waals surface area contributed by atoms with Gasteiger partial charge in [0.2, 0.25) is 0 Å². The van der Waals surface area contributed by atoms with Crippen LogP contribution >= 0.6 is 11.6 Å². The number of ether oxygens (including phenoxy) is 1. The summed E-state index contributed by atoms with van der Waals surface area (Å²) < 4.78 is 6.06. The normalized spacial score (nSPS) is 16.7. The van der Waals surface area contributed by atoms with Gasteiger partial charge >= 0.3 is 5.97 Å². The van der Waals surface area contributed by atoms with Gasteiger partial charge in [-0.05, 0) is 66.6 Å². The highest BCUT2D eigenvalue weighted by Gasteiger charge is 2.33. The lowest BCUT2D eigenvalue weighted by Crippen LogP contribution is -2.50. The van der Waals surface area contributed by atoms with E-state index in [0.29, 0.717) is 19.7 Å². The number of carboxylic acids is 1. The van der Waals surface area contributed by atoms with Crippen LogP contribution in [0.15, 0.2) is 42.0 Å². The number of carbonyl (C=O) groups is 1. The number of likely N-dealkylation sites (tertiary alicyclic amines) is 1. The lowest BCUT2D eigenvalue weighted by Gasteiger charge is -2.38. The Labute approximate surface area is 189 Å². The van der Waals surface area contributed by atoms with Gasteiger partial charge in [-0.2, -0.15) is 0 Å². The highest BCUT2D eigenvalue weighted by atomic mass is 35.5. The number of benzene rings is 2. The van der Waals surface area contributed by atoms with E-state index in [-0.39, 0.29) is 5.92 Å². The molecule has 0 bridgehead atoms. The Morgan fingerprint density at radius 1 is 1.19 bits per heavy atom. The van der Waals surface area contributed by atoms with Gasteiger partial charge in [0.25, 0.3) is 0 Å². The molecule has 1 aliphatic heterocycles. The molecule has 2 aromatic carbocycles. The molecule has 1 saturated heterocycles. The number of aryl methyl sites for hydroxylation is 2. The molecule has 1 heterocycles. The number of carboxylic acid groups (broad SMARTS) is 1. The lowest BCUT2D eigenvalue weighted by atomic mass is 9.85. The number of halogens is 1. The second-order valence-corrected chi connectivity index (χ2v) is 9.15. The molecule has 4 nitrogen and oxygen atoms in total. The maximum Gasteiger partial charge on any atom is 0.309 e. The van der Waals surface area contributed by atoms with E-state index in [1.54, 1.807) is 0 Å². The minimum Gasteiger partial charge on any atom is -0.489 e. The van der Waals surface area contributed by atoms with Gasteiger partial charge < -0.3 is 9.84 Å². The van der Waals surface area contributed by atoms with Crippen molar-refractivity contribution in [3.63, 3.8) is 0 Å². The largest absolute Gasteiger partial charge is 0.489 e. The number of hydrogen-bond acceptors (Lipinski definition) is 3. The number of fused-ring (bicyclic) bond motifs is 1. The maximum absolute atomic E-state index is 11.0. The fraction of sp³-hybridized carbons (Fsp3) is 0.423. The molecule has 0 spiro atoms. The van der Waals surface area contributed by atoms with Crippen molar-refractivity contribution in [2.75, 3.05) is 19.6 Å². The van der Waals surface area contributed by atoms with Crippen molar-refractivity contribution in [3.8, 4) is 5.75 Å². The van der Waals surface area contributed by atoms with Crippen LogP contribution in [0.1, 0.15) is 48.9 Å². The molecule has 164 valence electrons. The van der Waals surface area contributed by atoms with Crippen molar-refractivity contribution in [1.82, 2.24) is 4.90 Å².